The zero-order valence-corrected chi connectivity index (χ0v) is 13.9. The van der Waals surface area contributed by atoms with Crippen LogP contribution in [0.25, 0.3) is 0 Å². The highest BCUT2D eigenvalue weighted by atomic mass is 16.1. The largest absolute Gasteiger partial charge is 0.368 e. The molecule has 0 bridgehead atoms. The van der Waals surface area contributed by atoms with Gasteiger partial charge in [-0.05, 0) is 58.5 Å². The molecule has 2 unspecified atom stereocenters. The first-order chi connectivity index (χ1) is 9.30. The van der Waals surface area contributed by atoms with Crippen LogP contribution < -0.4 is 11.1 Å². The Morgan fingerprint density at radius 3 is 2.40 bits per heavy atom. The summed E-state index contributed by atoms with van der Waals surface area (Å²) in [4.78, 5) is 14.3. The standard InChI is InChI=1S/C16H33N3O/c1-6-18-16(5,15(17)20)11-13(4)19(14-7-8-14)10-9-12(2)3/h12-14,18H,6-11H2,1-5H3,(H2,17,20). The highest BCUT2D eigenvalue weighted by molar-refractivity contribution is 5.84. The predicted molar refractivity (Wildman–Crippen MR) is 84.5 cm³/mol. The van der Waals surface area contributed by atoms with E-state index in [0.717, 1.165) is 31.5 Å². The number of amides is 1. The molecule has 3 N–H and O–H groups in total. The molecular formula is C16H33N3O. The van der Waals surface area contributed by atoms with Gasteiger partial charge in [0.05, 0.1) is 5.54 Å². The Labute approximate surface area is 124 Å². The quantitative estimate of drug-likeness (QED) is 0.646. The van der Waals surface area contributed by atoms with Gasteiger partial charge in [-0.15, -0.1) is 0 Å². The van der Waals surface area contributed by atoms with Gasteiger partial charge >= 0.3 is 0 Å². The third-order valence-corrected chi connectivity index (χ3v) is 4.36. The van der Waals surface area contributed by atoms with Gasteiger partial charge in [-0.2, -0.15) is 0 Å². The predicted octanol–water partition coefficient (Wildman–Crippen LogP) is 2.13. The van der Waals surface area contributed by atoms with Crippen LogP contribution in [0.1, 0.15) is 60.3 Å². The van der Waals surface area contributed by atoms with Crippen molar-refractivity contribution < 1.29 is 4.79 Å². The van der Waals surface area contributed by atoms with Gasteiger partial charge in [-0.3, -0.25) is 9.69 Å². The minimum atomic E-state index is -0.598. The summed E-state index contributed by atoms with van der Waals surface area (Å²) in [5.41, 5.74) is 5.00. The maximum atomic E-state index is 11.8. The molecule has 1 aliphatic rings. The Hall–Kier alpha value is -0.610. The van der Waals surface area contributed by atoms with Gasteiger partial charge in [-0.25, -0.2) is 0 Å². The Morgan fingerprint density at radius 1 is 1.40 bits per heavy atom. The number of carbonyl (C=O) groups is 1. The zero-order valence-electron chi connectivity index (χ0n) is 13.9. The average Bonchev–Trinajstić information content (AvgIpc) is 3.13. The average molecular weight is 283 g/mol. The van der Waals surface area contributed by atoms with Crippen molar-refractivity contribution in [3.63, 3.8) is 0 Å². The van der Waals surface area contributed by atoms with Gasteiger partial charge in [0.1, 0.15) is 0 Å². The molecule has 118 valence electrons. The van der Waals surface area contributed by atoms with Gasteiger partial charge in [0, 0.05) is 12.1 Å². The van der Waals surface area contributed by atoms with E-state index in [4.69, 9.17) is 5.73 Å². The molecule has 1 aliphatic carbocycles. The van der Waals surface area contributed by atoms with Crippen molar-refractivity contribution >= 4 is 5.91 Å². The molecular weight excluding hydrogens is 250 g/mol. The van der Waals surface area contributed by atoms with Crippen LogP contribution in [-0.4, -0.2) is 41.5 Å². The monoisotopic (exact) mass is 283 g/mol. The molecule has 0 spiro atoms. The lowest BCUT2D eigenvalue weighted by Gasteiger charge is -2.36. The molecule has 2 atom stereocenters. The Kier molecular flexibility index (Phi) is 6.46. The van der Waals surface area contributed by atoms with Crippen LogP contribution in [0.5, 0.6) is 0 Å². The maximum Gasteiger partial charge on any atom is 0.237 e. The molecule has 1 saturated carbocycles. The van der Waals surface area contributed by atoms with Crippen molar-refractivity contribution in [3.05, 3.63) is 0 Å². The first-order valence-corrected chi connectivity index (χ1v) is 8.10. The van der Waals surface area contributed by atoms with Gasteiger partial charge in [0.15, 0.2) is 0 Å². The Morgan fingerprint density at radius 2 is 2.00 bits per heavy atom. The van der Waals surface area contributed by atoms with Gasteiger partial charge in [0.25, 0.3) is 0 Å². The summed E-state index contributed by atoms with van der Waals surface area (Å²) in [6.07, 6.45) is 4.61. The Balaban J connectivity index is 2.64. The van der Waals surface area contributed by atoms with E-state index in [9.17, 15) is 4.79 Å². The van der Waals surface area contributed by atoms with Crippen LogP contribution in [0.15, 0.2) is 0 Å². The molecule has 1 rings (SSSR count). The molecule has 0 heterocycles. The lowest BCUT2D eigenvalue weighted by Crippen LogP contribution is -2.56. The molecule has 0 saturated heterocycles. The minimum Gasteiger partial charge on any atom is -0.368 e. The molecule has 4 heteroatoms. The SMILES string of the molecule is CCNC(C)(CC(C)N(CCC(C)C)C1CC1)C(N)=O. The third-order valence-electron chi connectivity index (χ3n) is 4.36. The fourth-order valence-corrected chi connectivity index (χ4v) is 2.93. The second kappa shape index (κ2) is 7.41. The third kappa shape index (κ3) is 5.06. The lowest BCUT2D eigenvalue weighted by molar-refractivity contribution is -0.124. The molecule has 0 radical (unpaired) electrons. The van der Waals surface area contributed by atoms with Crippen molar-refractivity contribution in [2.24, 2.45) is 11.7 Å². The van der Waals surface area contributed by atoms with Crippen molar-refractivity contribution in [2.45, 2.75) is 77.9 Å². The summed E-state index contributed by atoms with van der Waals surface area (Å²) < 4.78 is 0. The highest BCUT2D eigenvalue weighted by Crippen LogP contribution is 2.31. The smallest absolute Gasteiger partial charge is 0.237 e. The van der Waals surface area contributed by atoms with Crippen molar-refractivity contribution in [2.75, 3.05) is 13.1 Å². The number of hydrogen-bond acceptors (Lipinski definition) is 3. The van der Waals surface area contributed by atoms with E-state index in [1.54, 1.807) is 0 Å². The first-order valence-electron chi connectivity index (χ1n) is 8.10. The summed E-state index contributed by atoms with van der Waals surface area (Å²) in [6.45, 7) is 12.6. The molecule has 1 fully saturated rings. The van der Waals surface area contributed by atoms with E-state index < -0.39 is 5.54 Å². The van der Waals surface area contributed by atoms with Gasteiger partial charge in [-0.1, -0.05) is 20.8 Å². The van der Waals surface area contributed by atoms with Crippen molar-refractivity contribution in [1.82, 2.24) is 10.2 Å². The van der Waals surface area contributed by atoms with E-state index in [1.807, 2.05) is 13.8 Å². The van der Waals surface area contributed by atoms with E-state index >= 15 is 0 Å². The van der Waals surface area contributed by atoms with Crippen LogP contribution in [0.4, 0.5) is 0 Å². The van der Waals surface area contributed by atoms with Crippen LogP contribution in [0.3, 0.4) is 0 Å². The number of nitrogens with zero attached hydrogens (tertiary/aromatic N) is 1. The number of hydrogen-bond donors (Lipinski definition) is 2. The van der Waals surface area contributed by atoms with Crippen LogP contribution in [0, 0.1) is 5.92 Å². The van der Waals surface area contributed by atoms with Crippen LogP contribution >= 0.6 is 0 Å². The summed E-state index contributed by atoms with van der Waals surface area (Å²) in [6, 6.07) is 1.11. The summed E-state index contributed by atoms with van der Waals surface area (Å²) in [7, 11) is 0. The first kappa shape index (κ1) is 17.4. The lowest BCUT2D eigenvalue weighted by atomic mass is 9.91. The summed E-state index contributed by atoms with van der Waals surface area (Å²) in [5, 5.41) is 3.27. The number of rotatable bonds is 10. The molecule has 20 heavy (non-hydrogen) atoms. The second-order valence-corrected chi connectivity index (χ2v) is 6.93. The molecule has 0 aromatic rings. The molecule has 4 nitrogen and oxygen atoms in total. The van der Waals surface area contributed by atoms with Crippen LogP contribution in [-0.2, 0) is 4.79 Å². The zero-order chi connectivity index (χ0) is 15.3. The summed E-state index contributed by atoms with van der Waals surface area (Å²) in [5.74, 6) is 0.477. The van der Waals surface area contributed by atoms with E-state index in [2.05, 4.69) is 31.0 Å². The Bertz CT molecular complexity index is 315. The number of nitrogens with one attached hydrogen (secondary N) is 1. The number of primary amides is 1. The fourth-order valence-electron chi connectivity index (χ4n) is 2.93. The van der Waals surface area contributed by atoms with E-state index in [0.29, 0.717) is 6.04 Å². The topological polar surface area (TPSA) is 58.4 Å². The highest BCUT2D eigenvalue weighted by Gasteiger charge is 2.37. The van der Waals surface area contributed by atoms with E-state index in [-0.39, 0.29) is 5.91 Å². The molecule has 0 aliphatic heterocycles. The number of carbonyl (C=O) groups excluding carboxylic acids is 1. The van der Waals surface area contributed by atoms with Crippen LogP contribution in [0.2, 0.25) is 0 Å². The number of nitrogens with two attached hydrogens (primary N) is 1. The molecule has 0 aromatic heterocycles. The fraction of sp³-hybridized carbons (Fsp3) is 0.938. The summed E-state index contributed by atoms with van der Waals surface area (Å²) >= 11 is 0. The van der Waals surface area contributed by atoms with Gasteiger partial charge < -0.3 is 11.1 Å². The number of likely N-dealkylation sites (N-methyl/N-ethyl adjacent to an activating group) is 1. The normalized spacial score (nSPS) is 20.1. The minimum absolute atomic E-state index is 0.245. The van der Waals surface area contributed by atoms with E-state index in [1.165, 1.54) is 19.3 Å². The molecule has 0 aromatic carbocycles. The van der Waals surface area contributed by atoms with Gasteiger partial charge in [0.2, 0.25) is 5.91 Å². The second-order valence-electron chi connectivity index (χ2n) is 6.93. The van der Waals surface area contributed by atoms with Crippen molar-refractivity contribution in [1.29, 1.82) is 0 Å². The molecule has 1 amide bonds. The van der Waals surface area contributed by atoms with Crippen molar-refractivity contribution in [3.8, 4) is 0 Å². The maximum absolute atomic E-state index is 11.8.